The fourth-order valence-electron chi connectivity index (χ4n) is 1.66. The Balaban J connectivity index is 2.11. The van der Waals surface area contributed by atoms with Gasteiger partial charge in [0, 0.05) is 17.7 Å². The number of para-hydroxylation sites is 1. The van der Waals surface area contributed by atoms with Crippen LogP contribution in [-0.4, -0.2) is 16.2 Å². The first kappa shape index (κ1) is 12.8. The van der Waals surface area contributed by atoms with Crippen LogP contribution in [-0.2, 0) is 11.3 Å². The summed E-state index contributed by atoms with van der Waals surface area (Å²) in [5, 5.41) is 18.3. The number of benzene rings is 1. The number of carboxylic acid groups (broad SMARTS) is 1. The van der Waals surface area contributed by atoms with Crippen molar-refractivity contribution >= 4 is 18.1 Å². The van der Waals surface area contributed by atoms with Gasteiger partial charge in [0.25, 0.3) is 0 Å². The molecule has 0 aliphatic rings. The molecule has 0 radical (unpaired) electrons. The lowest BCUT2D eigenvalue weighted by Crippen LogP contribution is -2.36. The van der Waals surface area contributed by atoms with Crippen molar-refractivity contribution in [3.63, 3.8) is 0 Å². The number of carbonyl (C=O) groups is 1. The molecule has 4 heteroatoms. The fourth-order valence-corrected chi connectivity index (χ4v) is 1.66. The number of phenols is 1. The molecule has 0 fully saturated rings. The molecule has 0 bridgehead atoms. The summed E-state index contributed by atoms with van der Waals surface area (Å²) in [7, 11) is 0. The van der Waals surface area contributed by atoms with Crippen LogP contribution in [0.15, 0.2) is 48.8 Å². The van der Waals surface area contributed by atoms with E-state index in [1.54, 1.807) is 29.1 Å². The molecule has 2 aromatic rings. The Kier molecular flexibility index (Phi) is 3.93. The van der Waals surface area contributed by atoms with Crippen LogP contribution < -0.4 is 4.57 Å². The van der Waals surface area contributed by atoms with E-state index in [1.807, 2.05) is 36.4 Å². The number of aromatic hydroxyl groups is 1. The number of aliphatic carboxylic acids is 1. The molecule has 1 heterocycles. The van der Waals surface area contributed by atoms with Gasteiger partial charge in [0.15, 0.2) is 12.4 Å². The van der Waals surface area contributed by atoms with Gasteiger partial charge in [-0.15, -0.1) is 0 Å². The van der Waals surface area contributed by atoms with E-state index < -0.39 is 5.97 Å². The molecule has 0 aliphatic carbocycles. The minimum Gasteiger partial charge on any atom is -0.507 e. The first-order valence-corrected chi connectivity index (χ1v) is 5.82. The maximum absolute atomic E-state index is 10.5. The highest BCUT2D eigenvalue weighted by Crippen LogP contribution is 2.18. The van der Waals surface area contributed by atoms with Crippen molar-refractivity contribution in [3.8, 4) is 5.75 Å². The molecule has 0 saturated heterocycles. The number of hydrogen-bond acceptors (Lipinski definition) is 2. The van der Waals surface area contributed by atoms with Crippen molar-refractivity contribution in [3.05, 3.63) is 59.9 Å². The van der Waals surface area contributed by atoms with E-state index in [-0.39, 0.29) is 12.3 Å². The van der Waals surface area contributed by atoms with E-state index in [0.29, 0.717) is 0 Å². The summed E-state index contributed by atoms with van der Waals surface area (Å²) in [5.74, 6) is -0.641. The van der Waals surface area contributed by atoms with E-state index in [2.05, 4.69) is 0 Å². The van der Waals surface area contributed by atoms with Gasteiger partial charge in [-0.25, -0.2) is 4.79 Å². The Morgan fingerprint density at radius 3 is 2.42 bits per heavy atom. The minimum absolute atomic E-state index is 0.0521. The summed E-state index contributed by atoms with van der Waals surface area (Å²) in [6, 6.07) is 10.7. The molecule has 0 aliphatic heterocycles. The number of hydrogen-bond donors (Lipinski definition) is 2. The molecular formula is C15H14NO3+. The molecule has 4 nitrogen and oxygen atoms in total. The second-order valence-electron chi connectivity index (χ2n) is 4.09. The lowest BCUT2D eigenvalue weighted by atomic mass is 10.1. The van der Waals surface area contributed by atoms with Crippen molar-refractivity contribution in [2.75, 3.05) is 0 Å². The highest BCUT2D eigenvalue weighted by Gasteiger charge is 2.05. The lowest BCUT2D eigenvalue weighted by Gasteiger charge is -1.97. The Morgan fingerprint density at radius 2 is 1.79 bits per heavy atom. The van der Waals surface area contributed by atoms with E-state index in [9.17, 15) is 9.90 Å². The zero-order chi connectivity index (χ0) is 13.7. The molecule has 2 rings (SSSR count). The quantitative estimate of drug-likeness (QED) is 0.822. The highest BCUT2D eigenvalue weighted by molar-refractivity contribution is 5.72. The number of carboxylic acids is 1. The number of rotatable bonds is 4. The van der Waals surface area contributed by atoms with Gasteiger partial charge in [-0.1, -0.05) is 30.4 Å². The molecule has 1 aromatic heterocycles. The van der Waals surface area contributed by atoms with Crippen molar-refractivity contribution < 1.29 is 19.6 Å². The summed E-state index contributed by atoms with van der Waals surface area (Å²) in [6.45, 7) is -0.0521. The molecule has 1 aromatic carbocycles. The maximum atomic E-state index is 10.5. The summed E-state index contributed by atoms with van der Waals surface area (Å²) in [4.78, 5) is 10.5. The maximum Gasteiger partial charge on any atom is 0.370 e. The smallest absolute Gasteiger partial charge is 0.370 e. The Morgan fingerprint density at radius 1 is 1.11 bits per heavy atom. The zero-order valence-corrected chi connectivity index (χ0v) is 10.2. The molecule has 2 N–H and O–H groups in total. The monoisotopic (exact) mass is 256 g/mol. The summed E-state index contributed by atoms with van der Waals surface area (Å²) >= 11 is 0. The van der Waals surface area contributed by atoms with Crippen molar-refractivity contribution in [1.29, 1.82) is 0 Å². The SMILES string of the molecule is O=C(O)C[n+]1ccc(/C=C/c2ccccc2O)cc1. The standard InChI is InChI=1S/C15H13NO3/c17-14-4-2-1-3-13(14)6-5-12-7-9-16(10-8-12)11-15(18)19/h1-10H,11H2,(H,18,19)/p+1. The van der Waals surface area contributed by atoms with Crippen LogP contribution in [0.4, 0.5) is 0 Å². The third-order valence-corrected chi connectivity index (χ3v) is 2.63. The number of nitrogens with zero attached hydrogens (tertiary/aromatic N) is 1. The van der Waals surface area contributed by atoms with Crippen LogP contribution in [0.3, 0.4) is 0 Å². The predicted octanol–water partition coefficient (Wildman–Crippen LogP) is 1.93. The zero-order valence-electron chi connectivity index (χ0n) is 10.2. The Hall–Kier alpha value is -2.62. The van der Waals surface area contributed by atoms with Crippen LogP contribution in [0, 0.1) is 0 Å². The summed E-state index contributed by atoms with van der Waals surface area (Å²) in [6.07, 6.45) is 7.09. The lowest BCUT2D eigenvalue weighted by molar-refractivity contribution is -0.685. The molecule has 0 atom stereocenters. The molecule has 19 heavy (non-hydrogen) atoms. The molecule has 96 valence electrons. The average Bonchev–Trinajstić information content (AvgIpc) is 2.39. The van der Waals surface area contributed by atoms with Crippen molar-refractivity contribution in [2.45, 2.75) is 6.54 Å². The third kappa shape index (κ3) is 3.67. The Bertz CT molecular complexity index is 603. The molecular weight excluding hydrogens is 242 g/mol. The van der Waals surface area contributed by atoms with Gasteiger partial charge in [-0.05, 0) is 11.6 Å². The van der Waals surface area contributed by atoms with Gasteiger partial charge in [0.2, 0.25) is 6.54 Å². The second-order valence-corrected chi connectivity index (χ2v) is 4.09. The molecule has 0 saturated carbocycles. The molecule has 0 amide bonds. The van der Waals surface area contributed by atoms with E-state index >= 15 is 0 Å². The number of phenolic OH excluding ortho intramolecular Hbond substituents is 1. The van der Waals surface area contributed by atoms with Gasteiger partial charge in [-0.2, -0.15) is 4.57 Å². The third-order valence-electron chi connectivity index (χ3n) is 2.63. The average molecular weight is 256 g/mol. The fraction of sp³-hybridized carbons (Fsp3) is 0.0667. The van der Waals surface area contributed by atoms with Gasteiger partial charge in [0.05, 0.1) is 0 Å². The van der Waals surface area contributed by atoms with Crippen LogP contribution in [0.5, 0.6) is 5.75 Å². The summed E-state index contributed by atoms with van der Waals surface area (Å²) in [5.41, 5.74) is 1.68. The first-order chi connectivity index (χ1) is 9.15. The van der Waals surface area contributed by atoms with Crippen LogP contribution in [0.25, 0.3) is 12.2 Å². The van der Waals surface area contributed by atoms with E-state index in [0.717, 1.165) is 11.1 Å². The van der Waals surface area contributed by atoms with E-state index in [1.165, 1.54) is 0 Å². The van der Waals surface area contributed by atoms with Crippen LogP contribution in [0.1, 0.15) is 11.1 Å². The van der Waals surface area contributed by atoms with Gasteiger partial charge < -0.3 is 10.2 Å². The molecule has 0 unspecified atom stereocenters. The topological polar surface area (TPSA) is 61.4 Å². The predicted molar refractivity (Wildman–Crippen MR) is 71.3 cm³/mol. The van der Waals surface area contributed by atoms with Gasteiger partial charge >= 0.3 is 5.97 Å². The Labute approximate surface area is 110 Å². The largest absolute Gasteiger partial charge is 0.507 e. The second kappa shape index (κ2) is 5.82. The summed E-state index contributed by atoms with van der Waals surface area (Å²) < 4.78 is 1.58. The van der Waals surface area contributed by atoms with Crippen LogP contribution in [0.2, 0.25) is 0 Å². The normalized spacial score (nSPS) is 10.7. The van der Waals surface area contributed by atoms with Crippen LogP contribution >= 0.6 is 0 Å². The highest BCUT2D eigenvalue weighted by atomic mass is 16.4. The number of aromatic nitrogens is 1. The first-order valence-electron chi connectivity index (χ1n) is 5.82. The minimum atomic E-state index is -0.873. The number of pyridine rings is 1. The molecule has 0 spiro atoms. The van der Waals surface area contributed by atoms with Crippen molar-refractivity contribution in [2.24, 2.45) is 0 Å². The van der Waals surface area contributed by atoms with Gasteiger partial charge in [-0.3, -0.25) is 0 Å². The van der Waals surface area contributed by atoms with E-state index in [4.69, 9.17) is 5.11 Å². The van der Waals surface area contributed by atoms with Crippen molar-refractivity contribution in [1.82, 2.24) is 0 Å². The van der Waals surface area contributed by atoms with Gasteiger partial charge in [0.1, 0.15) is 5.75 Å².